The molecule has 4 aliphatic carbocycles. The molecule has 1 N–H and O–H groups in total. The smallest absolute Gasteiger partial charge is 0.157 e. The first-order chi connectivity index (χ1) is 17.1. The van der Waals surface area contributed by atoms with Crippen molar-refractivity contribution in [2.24, 2.45) is 46.3 Å². The monoisotopic (exact) mass is 493 g/mol. The lowest BCUT2D eigenvalue weighted by molar-refractivity contribution is -0.175. The number of aliphatic hydroxyl groups is 1. The van der Waals surface area contributed by atoms with Crippen molar-refractivity contribution in [3.63, 3.8) is 0 Å². The minimum atomic E-state index is -0.532. The third-order valence-electron chi connectivity index (χ3n) is 11.6. The fraction of sp³-hybridized carbons (Fsp3) is 0.767. The van der Waals surface area contributed by atoms with Gasteiger partial charge in [-0.3, -0.25) is 14.5 Å². The predicted molar refractivity (Wildman–Crippen MR) is 139 cm³/mol. The molecule has 0 spiro atoms. The highest BCUT2D eigenvalue weighted by Gasteiger charge is 2.63. The number of ether oxygens (including phenoxy) is 1. The van der Waals surface area contributed by atoms with Crippen LogP contribution in [0.25, 0.3) is 10.9 Å². The van der Waals surface area contributed by atoms with E-state index in [2.05, 4.69) is 23.9 Å². The zero-order valence-electron chi connectivity index (χ0n) is 22.4. The molecule has 2 heterocycles. The number of Topliss-reactive ketones (excluding diaryl/α,β-unsaturated/α-hetero) is 1. The molecule has 0 amide bonds. The van der Waals surface area contributed by atoms with Gasteiger partial charge in [-0.05, 0) is 105 Å². The first-order valence-corrected chi connectivity index (χ1v) is 14.2. The normalized spacial score (nSPS) is 44.1. The molecular weight excluding hydrogens is 450 g/mol. The summed E-state index contributed by atoms with van der Waals surface area (Å²) in [7, 11) is 1.84. The molecule has 6 nitrogen and oxygen atoms in total. The van der Waals surface area contributed by atoms with Crippen molar-refractivity contribution in [1.29, 1.82) is 0 Å². The van der Waals surface area contributed by atoms with Gasteiger partial charge in [0.05, 0.1) is 18.3 Å². The number of ketones is 1. The van der Waals surface area contributed by atoms with Gasteiger partial charge in [0.1, 0.15) is 5.52 Å². The summed E-state index contributed by atoms with van der Waals surface area (Å²) in [5.74, 6) is 3.40. The largest absolute Gasteiger partial charge is 0.390 e. The molecule has 1 unspecified atom stereocenters. The van der Waals surface area contributed by atoms with Crippen LogP contribution in [0.15, 0.2) is 24.7 Å². The highest BCUT2D eigenvalue weighted by atomic mass is 16.5. The van der Waals surface area contributed by atoms with E-state index in [0.29, 0.717) is 47.3 Å². The average Bonchev–Trinajstić information content (AvgIpc) is 3.40. The van der Waals surface area contributed by atoms with E-state index < -0.39 is 5.60 Å². The van der Waals surface area contributed by atoms with E-state index in [1.807, 2.05) is 31.0 Å². The van der Waals surface area contributed by atoms with E-state index in [1.54, 1.807) is 12.4 Å². The zero-order valence-corrected chi connectivity index (χ0v) is 22.4. The molecular formula is C30H43N3O3. The highest BCUT2D eigenvalue weighted by Crippen LogP contribution is 2.69. The Morgan fingerprint density at radius 1 is 1.14 bits per heavy atom. The van der Waals surface area contributed by atoms with Gasteiger partial charge in [-0.2, -0.15) is 5.10 Å². The molecule has 0 radical (unpaired) electrons. The molecule has 6 rings (SSSR count). The topological polar surface area (TPSA) is 77.2 Å². The molecule has 9 atom stereocenters. The summed E-state index contributed by atoms with van der Waals surface area (Å²) in [6, 6.07) is 1.95. The van der Waals surface area contributed by atoms with E-state index in [1.165, 1.54) is 6.42 Å². The molecule has 0 aliphatic heterocycles. The Morgan fingerprint density at radius 2 is 1.94 bits per heavy atom. The van der Waals surface area contributed by atoms with Gasteiger partial charge in [0, 0.05) is 37.4 Å². The van der Waals surface area contributed by atoms with Gasteiger partial charge < -0.3 is 9.84 Å². The summed E-state index contributed by atoms with van der Waals surface area (Å²) in [4.78, 5) is 17.9. The summed E-state index contributed by atoms with van der Waals surface area (Å²) in [5, 5.41) is 16.6. The lowest BCUT2D eigenvalue weighted by Gasteiger charge is -2.64. The van der Waals surface area contributed by atoms with Crippen LogP contribution in [0.2, 0.25) is 0 Å². The van der Waals surface area contributed by atoms with Gasteiger partial charge >= 0.3 is 0 Å². The zero-order chi connectivity index (χ0) is 25.3. The van der Waals surface area contributed by atoms with E-state index in [4.69, 9.17) is 4.74 Å². The van der Waals surface area contributed by atoms with Crippen LogP contribution in [0, 0.1) is 46.3 Å². The van der Waals surface area contributed by atoms with Crippen molar-refractivity contribution >= 4 is 16.7 Å². The van der Waals surface area contributed by atoms with E-state index in [-0.39, 0.29) is 11.3 Å². The highest BCUT2D eigenvalue weighted by molar-refractivity contribution is 5.83. The number of hydrogen-bond acceptors (Lipinski definition) is 5. The number of aromatic nitrogens is 3. The van der Waals surface area contributed by atoms with Gasteiger partial charge in [-0.1, -0.05) is 13.8 Å². The van der Waals surface area contributed by atoms with Gasteiger partial charge in [-0.25, -0.2) is 0 Å². The van der Waals surface area contributed by atoms with Gasteiger partial charge in [0.25, 0.3) is 0 Å². The minimum Gasteiger partial charge on any atom is -0.390 e. The Hall–Kier alpha value is -1.79. The predicted octanol–water partition coefficient (Wildman–Crippen LogP) is 5.28. The maximum Gasteiger partial charge on any atom is 0.157 e. The number of hydrogen-bond donors (Lipinski definition) is 1. The maximum absolute atomic E-state index is 13.8. The number of fused-ring (bicyclic) bond motifs is 6. The second-order valence-corrected chi connectivity index (χ2v) is 13.5. The molecule has 2 aromatic heterocycles. The molecule has 196 valence electrons. The van der Waals surface area contributed by atoms with Crippen LogP contribution in [0.1, 0.15) is 72.1 Å². The Bertz CT molecular complexity index is 1110. The molecule has 4 saturated carbocycles. The van der Waals surface area contributed by atoms with Crippen LogP contribution in [0.5, 0.6) is 0 Å². The summed E-state index contributed by atoms with van der Waals surface area (Å²) >= 11 is 0. The quantitative estimate of drug-likeness (QED) is 0.613. The van der Waals surface area contributed by atoms with E-state index >= 15 is 0 Å². The Kier molecular flexibility index (Phi) is 5.88. The molecule has 4 fully saturated rings. The van der Waals surface area contributed by atoms with Gasteiger partial charge in [0.15, 0.2) is 5.78 Å². The van der Waals surface area contributed by atoms with Crippen molar-refractivity contribution in [2.75, 3.05) is 13.7 Å². The second-order valence-electron chi connectivity index (χ2n) is 13.5. The van der Waals surface area contributed by atoms with Crippen LogP contribution in [0.4, 0.5) is 0 Å². The number of pyridine rings is 1. The number of carbonyl (C=O) groups excluding carboxylic acids is 1. The molecule has 36 heavy (non-hydrogen) atoms. The Labute approximate surface area is 215 Å². The lowest BCUT2D eigenvalue weighted by atomic mass is 9.42. The Balaban J connectivity index is 1.26. The maximum atomic E-state index is 13.8. The molecule has 2 aromatic rings. The molecule has 4 aliphatic rings. The summed E-state index contributed by atoms with van der Waals surface area (Å²) in [6.45, 7) is 8.15. The van der Waals surface area contributed by atoms with Crippen LogP contribution >= 0.6 is 0 Å². The fourth-order valence-corrected chi connectivity index (χ4v) is 9.78. The van der Waals surface area contributed by atoms with Crippen LogP contribution in [-0.2, 0) is 16.1 Å². The van der Waals surface area contributed by atoms with Crippen LogP contribution in [-0.4, -0.2) is 45.0 Å². The summed E-state index contributed by atoms with van der Waals surface area (Å²) in [5.41, 5.74) is 0.668. The third kappa shape index (κ3) is 3.77. The van der Waals surface area contributed by atoms with Crippen molar-refractivity contribution in [3.05, 3.63) is 24.7 Å². The molecule has 0 bridgehead atoms. The van der Waals surface area contributed by atoms with Crippen molar-refractivity contribution in [1.82, 2.24) is 14.8 Å². The average molecular weight is 494 g/mol. The SMILES string of the molecule is COC[C@H]1C[C@H]2C[C@](C)(O)CC[C@]2(C)C2CC[C@]3(C)[C@@H](C(=O)Cn4cc5ccncc5n4)CC[C@H]3[C@@H]21. The number of carbonyl (C=O) groups is 1. The van der Waals surface area contributed by atoms with E-state index in [0.717, 1.165) is 62.5 Å². The molecule has 0 saturated heterocycles. The molecule has 6 heteroatoms. The first-order valence-electron chi connectivity index (χ1n) is 14.2. The number of rotatable bonds is 5. The first kappa shape index (κ1) is 24.5. The number of nitrogens with zero attached hydrogens (tertiary/aromatic N) is 3. The molecule has 0 aromatic carbocycles. The van der Waals surface area contributed by atoms with Crippen molar-refractivity contribution < 1.29 is 14.6 Å². The van der Waals surface area contributed by atoms with Crippen LogP contribution < -0.4 is 0 Å². The lowest BCUT2D eigenvalue weighted by Crippen LogP contribution is -2.59. The summed E-state index contributed by atoms with van der Waals surface area (Å²) in [6.07, 6.45) is 14.1. The van der Waals surface area contributed by atoms with E-state index in [9.17, 15) is 9.90 Å². The summed E-state index contributed by atoms with van der Waals surface area (Å²) < 4.78 is 7.64. The number of methoxy groups -OCH3 is 1. The second kappa shape index (κ2) is 8.62. The standard InChI is InChI=1S/C30H43N3O3/c1-28(35)10-11-29(2)21(14-28)13-20(18-36-4)27-23-6-5-22(30(23,3)9-7-24(27)29)26(34)17-33-16-19-8-12-31-15-25(19)32-33/h8,12,15-16,20-24,27,35H,5-7,9-11,13-14,17-18H2,1-4H3/t20-,21+,22-,23+,24?,27+,28-,29+,30-/m1/s1. The van der Waals surface area contributed by atoms with Crippen molar-refractivity contribution in [3.8, 4) is 0 Å². The fourth-order valence-electron chi connectivity index (χ4n) is 9.78. The van der Waals surface area contributed by atoms with Crippen molar-refractivity contribution in [2.45, 2.75) is 84.3 Å². The third-order valence-corrected chi connectivity index (χ3v) is 11.6. The van der Waals surface area contributed by atoms with Gasteiger partial charge in [0.2, 0.25) is 0 Å². The van der Waals surface area contributed by atoms with Crippen LogP contribution in [0.3, 0.4) is 0 Å². The van der Waals surface area contributed by atoms with Gasteiger partial charge in [-0.15, -0.1) is 0 Å². The Morgan fingerprint density at radius 3 is 2.72 bits per heavy atom. The minimum absolute atomic E-state index is 0.0573.